The molecule has 0 saturated carbocycles. The number of nitrogens with one attached hydrogen (secondary N) is 1. The molecule has 5 heteroatoms. The first kappa shape index (κ1) is 19.4. The van der Waals surface area contributed by atoms with Crippen LogP contribution in [0.2, 0.25) is 0 Å². The molecule has 0 atom stereocenters. The Morgan fingerprint density at radius 3 is 2.65 bits per heavy atom. The summed E-state index contributed by atoms with van der Waals surface area (Å²) in [5, 5.41) is 10.2. The number of fused-ring (bicyclic) bond motifs is 5. The first-order valence-electron chi connectivity index (χ1n) is 10.6. The smallest absolute Gasteiger partial charge is 0.337 e. The van der Waals surface area contributed by atoms with Crippen molar-refractivity contribution in [2.75, 3.05) is 5.73 Å². The summed E-state index contributed by atoms with van der Waals surface area (Å²) in [6.07, 6.45) is 3.88. The van der Waals surface area contributed by atoms with Crippen LogP contribution in [0, 0.1) is 5.82 Å². The molecule has 4 aromatic rings. The normalized spacial score (nSPS) is 12.2. The number of aromatic nitrogens is 1. The van der Waals surface area contributed by atoms with Crippen LogP contribution in [0.5, 0.6) is 0 Å². The van der Waals surface area contributed by atoms with Gasteiger partial charge in [-0.15, -0.1) is 0 Å². The Morgan fingerprint density at radius 1 is 1.16 bits per heavy atom. The minimum Gasteiger partial charge on any atom is -0.478 e. The lowest BCUT2D eigenvalue weighted by atomic mass is 9.97. The van der Waals surface area contributed by atoms with E-state index >= 15 is 4.39 Å². The Hall–Kier alpha value is -3.60. The van der Waals surface area contributed by atoms with Gasteiger partial charge in [0.05, 0.1) is 11.3 Å². The molecular formula is C26H23FN2O2. The van der Waals surface area contributed by atoms with Crippen LogP contribution in [0.1, 0.15) is 46.8 Å². The molecule has 0 aliphatic heterocycles. The second kappa shape index (κ2) is 7.27. The molecule has 1 aromatic heterocycles. The number of carbonyl (C=O) groups is 1. The number of hydrogen-bond donors (Lipinski definition) is 3. The second-order valence-corrected chi connectivity index (χ2v) is 8.21. The molecule has 1 aliphatic carbocycles. The number of anilines is 1. The van der Waals surface area contributed by atoms with Gasteiger partial charge in [-0.3, -0.25) is 0 Å². The van der Waals surface area contributed by atoms with E-state index in [2.05, 4.69) is 24.0 Å². The molecule has 1 heterocycles. The summed E-state index contributed by atoms with van der Waals surface area (Å²) < 4.78 is 15.7. The summed E-state index contributed by atoms with van der Waals surface area (Å²) in [7, 11) is 0. The largest absolute Gasteiger partial charge is 0.478 e. The van der Waals surface area contributed by atoms with Gasteiger partial charge >= 0.3 is 5.97 Å². The summed E-state index contributed by atoms with van der Waals surface area (Å²) in [5.41, 5.74) is 12.7. The maximum absolute atomic E-state index is 15.7. The molecule has 156 valence electrons. The van der Waals surface area contributed by atoms with Gasteiger partial charge in [-0.1, -0.05) is 49.7 Å². The third-order valence-corrected chi connectivity index (χ3v) is 6.24. The number of nitrogen functional groups attached to an aromatic ring is 1. The van der Waals surface area contributed by atoms with Crippen LogP contribution < -0.4 is 5.73 Å². The maximum atomic E-state index is 15.7. The molecule has 31 heavy (non-hydrogen) atoms. The summed E-state index contributed by atoms with van der Waals surface area (Å²) in [4.78, 5) is 14.8. The Labute approximate surface area is 179 Å². The Morgan fingerprint density at radius 2 is 1.94 bits per heavy atom. The maximum Gasteiger partial charge on any atom is 0.337 e. The molecule has 5 rings (SSSR count). The van der Waals surface area contributed by atoms with Crippen LogP contribution in [-0.4, -0.2) is 16.1 Å². The monoisotopic (exact) mass is 414 g/mol. The van der Waals surface area contributed by atoms with E-state index < -0.39 is 5.97 Å². The van der Waals surface area contributed by atoms with Crippen LogP contribution in [0.15, 0.2) is 48.5 Å². The molecule has 4 N–H and O–H groups in total. The number of hydrogen-bond acceptors (Lipinski definition) is 2. The van der Waals surface area contributed by atoms with Crippen LogP contribution >= 0.6 is 0 Å². The van der Waals surface area contributed by atoms with Crippen LogP contribution in [0.25, 0.3) is 33.3 Å². The van der Waals surface area contributed by atoms with E-state index in [0.717, 1.165) is 46.9 Å². The van der Waals surface area contributed by atoms with Crippen molar-refractivity contribution in [3.8, 4) is 22.4 Å². The molecule has 3 aromatic carbocycles. The molecule has 0 amide bonds. The van der Waals surface area contributed by atoms with Gasteiger partial charge in [0.15, 0.2) is 0 Å². The van der Waals surface area contributed by atoms with E-state index in [1.165, 1.54) is 5.56 Å². The molecule has 0 saturated heterocycles. The number of aromatic carboxylic acids is 1. The van der Waals surface area contributed by atoms with E-state index in [9.17, 15) is 9.90 Å². The van der Waals surface area contributed by atoms with Gasteiger partial charge in [-0.05, 0) is 47.2 Å². The van der Waals surface area contributed by atoms with Crippen LogP contribution in [0.3, 0.4) is 0 Å². The second-order valence-electron chi connectivity index (χ2n) is 8.21. The number of carboxylic acid groups (broad SMARTS) is 1. The average Bonchev–Trinajstić information content (AvgIpc) is 3.27. The first-order valence-corrected chi connectivity index (χ1v) is 10.6. The van der Waals surface area contributed by atoms with Crippen molar-refractivity contribution in [1.29, 1.82) is 0 Å². The molecule has 1 aliphatic rings. The van der Waals surface area contributed by atoms with Crippen molar-refractivity contribution in [2.45, 2.75) is 32.6 Å². The third kappa shape index (κ3) is 3.08. The summed E-state index contributed by atoms with van der Waals surface area (Å²) in [5.74, 6) is -1.32. The van der Waals surface area contributed by atoms with Gasteiger partial charge < -0.3 is 15.8 Å². The lowest BCUT2D eigenvalue weighted by Crippen LogP contribution is -2.02. The Balaban J connectivity index is 1.60. The van der Waals surface area contributed by atoms with Crippen molar-refractivity contribution in [1.82, 2.24) is 4.98 Å². The van der Waals surface area contributed by atoms with Crippen molar-refractivity contribution in [2.24, 2.45) is 0 Å². The zero-order valence-corrected chi connectivity index (χ0v) is 17.3. The third-order valence-electron chi connectivity index (χ3n) is 6.24. The highest BCUT2D eigenvalue weighted by Crippen LogP contribution is 2.44. The number of nitrogens with two attached hydrogens (primary N) is 1. The minimum atomic E-state index is -1.07. The van der Waals surface area contributed by atoms with Crippen LogP contribution in [0.4, 0.5) is 10.1 Å². The number of halogens is 1. The summed E-state index contributed by atoms with van der Waals surface area (Å²) in [6, 6.07) is 15.1. The standard InChI is InChI=1S/C26H23FN2O2/c1-2-3-4-14-5-7-15(8-6-14)17-10-9-16-11-19-18-12-20(26(30)31)21(28)13-22(18)29-25(19)23(16)24(17)27/h5-10,12-13,29H,2-4,11,28H2,1H3,(H,30,31). The molecule has 0 fully saturated rings. The fourth-order valence-electron chi connectivity index (χ4n) is 4.58. The molecule has 4 nitrogen and oxygen atoms in total. The zero-order chi connectivity index (χ0) is 21.7. The highest BCUT2D eigenvalue weighted by Gasteiger charge is 2.28. The summed E-state index contributed by atoms with van der Waals surface area (Å²) >= 11 is 0. The zero-order valence-electron chi connectivity index (χ0n) is 17.3. The predicted molar refractivity (Wildman–Crippen MR) is 122 cm³/mol. The number of carboxylic acids is 1. The van der Waals surface area contributed by atoms with Gasteiger partial charge in [0.25, 0.3) is 0 Å². The van der Waals surface area contributed by atoms with E-state index in [-0.39, 0.29) is 17.1 Å². The van der Waals surface area contributed by atoms with Gasteiger partial charge in [0.1, 0.15) is 5.82 Å². The highest BCUT2D eigenvalue weighted by molar-refractivity contribution is 6.03. The number of benzene rings is 3. The van der Waals surface area contributed by atoms with Crippen molar-refractivity contribution in [3.63, 3.8) is 0 Å². The number of unbranched alkanes of at least 4 members (excludes halogenated alkanes) is 1. The number of aryl methyl sites for hydroxylation is 1. The summed E-state index contributed by atoms with van der Waals surface area (Å²) in [6.45, 7) is 2.17. The van der Waals surface area contributed by atoms with E-state index in [1.54, 1.807) is 12.1 Å². The van der Waals surface area contributed by atoms with E-state index in [1.807, 2.05) is 24.3 Å². The molecule has 0 unspecified atom stereocenters. The quantitative estimate of drug-likeness (QED) is 0.301. The number of aromatic amines is 1. The van der Waals surface area contributed by atoms with Gasteiger partial charge in [0.2, 0.25) is 0 Å². The molecule has 0 bridgehead atoms. The Bertz CT molecular complexity index is 1340. The van der Waals surface area contributed by atoms with Gasteiger partial charge in [-0.25, -0.2) is 9.18 Å². The molecule has 0 spiro atoms. The van der Waals surface area contributed by atoms with Crippen LogP contribution in [-0.2, 0) is 12.8 Å². The fourth-order valence-corrected chi connectivity index (χ4v) is 4.58. The lowest BCUT2D eigenvalue weighted by Gasteiger charge is -2.10. The fraction of sp³-hybridized carbons (Fsp3) is 0.192. The van der Waals surface area contributed by atoms with Gasteiger partial charge in [0, 0.05) is 34.1 Å². The molecule has 0 radical (unpaired) electrons. The Kier molecular flexibility index (Phi) is 4.54. The molecular weight excluding hydrogens is 391 g/mol. The topological polar surface area (TPSA) is 79.1 Å². The van der Waals surface area contributed by atoms with Crippen molar-refractivity contribution in [3.05, 3.63) is 76.6 Å². The highest BCUT2D eigenvalue weighted by atomic mass is 19.1. The average molecular weight is 414 g/mol. The number of H-pyrrole nitrogens is 1. The SMILES string of the molecule is CCCCc1ccc(-c2ccc3c(c2F)-c2[nH]c4cc(N)c(C(=O)O)cc4c2C3)cc1. The van der Waals surface area contributed by atoms with E-state index in [4.69, 9.17) is 5.73 Å². The predicted octanol–water partition coefficient (Wildman–Crippen LogP) is 6.17. The minimum absolute atomic E-state index is 0.0644. The first-order chi connectivity index (χ1) is 15.0. The number of rotatable bonds is 5. The lowest BCUT2D eigenvalue weighted by molar-refractivity contribution is 0.0698. The van der Waals surface area contributed by atoms with E-state index in [0.29, 0.717) is 23.2 Å². The van der Waals surface area contributed by atoms with Crippen molar-refractivity contribution < 1.29 is 14.3 Å². The van der Waals surface area contributed by atoms with Crippen molar-refractivity contribution >= 4 is 22.6 Å². The van der Waals surface area contributed by atoms with Gasteiger partial charge in [-0.2, -0.15) is 0 Å².